The molecule has 0 amide bonds. The van der Waals surface area contributed by atoms with E-state index in [1.807, 2.05) is 24.3 Å². The molecule has 1 saturated carbocycles. The third-order valence-electron chi connectivity index (χ3n) is 5.51. The minimum Gasteiger partial charge on any atom is -0.497 e. The van der Waals surface area contributed by atoms with E-state index < -0.39 is 10.0 Å². The first-order valence-corrected chi connectivity index (χ1v) is 12.4. The van der Waals surface area contributed by atoms with Gasteiger partial charge >= 0.3 is 0 Å². The Bertz CT molecular complexity index is 1110. The minimum absolute atomic E-state index is 0.0478. The highest BCUT2D eigenvalue weighted by molar-refractivity contribution is 9.10. The molecule has 9 heteroatoms. The van der Waals surface area contributed by atoms with Crippen molar-refractivity contribution in [3.05, 3.63) is 58.9 Å². The lowest BCUT2D eigenvalue weighted by atomic mass is 9.95. The molecule has 3 aromatic rings. The molecule has 0 N–H and O–H groups in total. The number of aromatic nitrogens is 2. The molecule has 0 saturated heterocycles. The predicted molar refractivity (Wildman–Crippen MR) is 120 cm³/mol. The van der Waals surface area contributed by atoms with Gasteiger partial charge in [-0.1, -0.05) is 40.3 Å². The first kappa shape index (κ1) is 22.0. The summed E-state index contributed by atoms with van der Waals surface area (Å²) in [5, 5.41) is 4.05. The molecule has 0 atom stereocenters. The van der Waals surface area contributed by atoms with Gasteiger partial charge < -0.3 is 9.26 Å². The SMILES string of the molecule is COc1ccc(-c2noc(CN(C3CCCCC3)S(=O)(=O)c3ccc(Br)cc3)n2)cc1. The van der Waals surface area contributed by atoms with Crippen molar-refractivity contribution in [2.24, 2.45) is 0 Å². The van der Waals surface area contributed by atoms with Gasteiger partial charge in [0.25, 0.3) is 0 Å². The molecule has 7 nitrogen and oxygen atoms in total. The lowest BCUT2D eigenvalue weighted by molar-refractivity contribution is 0.223. The molecule has 1 aliphatic rings. The quantitative estimate of drug-likeness (QED) is 0.447. The van der Waals surface area contributed by atoms with Crippen LogP contribution in [0.5, 0.6) is 5.75 Å². The molecule has 1 heterocycles. The maximum Gasteiger partial charge on any atom is 0.243 e. The molecule has 0 radical (unpaired) electrons. The molecule has 1 fully saturated rings. The molecule has 0 bridgehead atoms. The number of ether oxygens (including phenoxy) is 1. The van der Waals surface area contributed by atoms with Gasteiger partial charge in [-0.2, -0.15) is 9.29 Å². The molecule has 0 spiro atoms. The van der Waals surface area contributed by atoms with Gasteiger partial charge in [-0.15, -0.1) is 0 Å². The van der Waals surface area contributed by atoms with Crippen molar-refractivity contribution in [1.29, 1.82) is 0 Å². The second-order valence-corrected chi connectivity index (χ2v) is 10.3. The molecule has 31 heavy (non-hydrogen) atoms. The van der Waals surface area contributed by atoms with Gasteiger partial charge in [0.2, 0.25) is 21.7 Å². The molecular formula is C22H24BrN3O4S. The highest BCUT2D eigenvalue weighted by Gasteiger charge is 2.34. The molecule has 1 aromatic heterocycles. The van der Waals surface area contributed by atoms with Crippen LogP contribution in [0.25, 0.3) is 11.4 Å². The number of hydrogen-bond donors (Lipinski definition) is 0. The van der Waals surface area contributed by atoms with Crippen molar-refractivity contribution in [3.63, 3.8) is 0 Å². The topological polar surface area (TPSA) is 85.5 Å². The van der Waals surface area contributed by atoms with Crippen LogP contribution >= 0.6 is 15.9 Å². The third kappa shape index (κ3) is 4.99. The van der Waals surface area contributed by atoms with E-state index in [1.165, 1.54) is 4.31 Å². The molecule has 0 unspecified atom stereocenters. The van der Waals surface area contributed by atoms with Gasteiger partial charge in [0, 0.05) is 16.1 Å². The summed E-state index contributed by atoms with van der Waals surface area (Å²) in [6, 6.07) is 13.9. The Morgan fingerprint density at radius 2 is 1.74 bits per heavy atom. The molecule has 1 aliphatic carbocycles. The zero-order valence-corrected chi connectivity index (χ0v) is 19.6. The van der Waals surface area contributed by atoms with E-state index in [-0.39, 0.29) is 23.4 Å². The number of halogens is 1. The van der Waals surface area contributed by atoms with Crippen molar-refractivity contribution in [2.75, 3.05) is 7.11 Å². The highest BCUT2D eigenvalue weighted by atomic mass is 79.9. The van der Waals surface area contributed by atoms with Crippen LogP contribution in [0.15, 0.2) is 62.4 Å². The predicted octanol–water partition coefficient (Wildman–Crippen LogP) is 5.03. The fourth-order valence-corrected chi connectivity index (χ4v) is 5.73. The number of methoxy groups -OCH3 is 1. The lowest BCUT2D eigenvalue weighted by Gasteiger charge is -2.32. The first-order chi connectivity index (χ1) is 15.0. The van der Waals surface area contributed by atoms with Gasteiger partial charge in [-0.3, -0.25) is 0 Å². The average molecular weight is 506 g/mol. The zero-order valence-electron chi connectivity index (χ0n) is 17.2. The Balaban J connectivity index is 1.62. The van der Waals surface area contributed by atoms with E-state index in [0.29, 0.717) is 5.82 Å². The van der Waals surface area contributed by atoms with E-state index in [4.69, 9.17) is 9.26 Å². The van der Waals surface area contributed by atoms with Crippen LogP contribution in [0.2, 0.25) is 0 Å². The van der Waals surface area contributed by atoms with Crippen molar-refractivity contribution < 1.29 is 17.7 Å². The maximum atomic E-state index is 13.5. The second kappa shape index (κ2) is 9.50. The second-order valence-electron chi connectivity index (χ2n) is 7.54. The summed E-state index contributed by atoms with van der Waals surface area (Å²) in [5.41, 5.74) is 0.774. The van der Waals surface area contributed by atoms with Gasteiger partial charge in [0.05, 0.1) is 18.6 Å². The number of benzene rings is 2. The normalized spacial score (nSPS) is 15.3. The van der Waals surface area contributed by atoms with Gasteiger partial charge in [0.15, 0.2) is 0 Å². The number of hydrogen-bond acceptors (Lipinski definition) is 6. The summed E-state index contributed by atoms with van der Waals surface area (Å²) in [4.78, 5) is 4.72. The summed E-state index contributed by atoms with van der Waals surface area (Å²) in [6.07, 6.45) is 4.81. The van der Waals surface area contributed by atoms with Crippen LogP contribution < -0.4 is 4.74 Å². The lowest BCUT2D eigenvalue weighted by Crippen LogP contribution is -2.41. The molecule has 0 aliphatic heterocycles. The Hall–Kier alpha value is -2.23. The summed E-state index contributed by atoms with van der Waals surface area (Å²) < 4.78 is 40.0. The van der Waals surface area contributed by atoms with Crippen LogP contribution in [0.1, 0.15) is 38.0 Å². The summed E-state index contributed by atoms with van der Waals surface area (Å²) >= 11 is 3.36. The molecule has 2 aromatic carbocycles. The van der Waals surface area contributed by atoms with Gasteiger partial charge in [0.1, 0.15) is 5.75 Å². The largest absolute Gasteiger partial charge is 0.497 e. The van der Waals surface area contributed by atoms with E-state index in [9.17, 15) is 8.42 Å². The highest BCUT2D eigenvalue weighted by Crippen LogP contribution is 2.30. The van der Waals surface area contributed by atoms with Crippen LogP contribution in [-0.4, -0.2) is 36.0 Å². The van der Waals surface area contributed by atoms with E-state index in [0.717, 1.165) is 47.9 Å². The monoisotopic (exact) mass is 505 g/mol. The van der Waals surface area contributed by atoms with Crippen LogP contribution in [0.4, 0.5) is 0 Å². The van der Waals surface area contributed by atoms with E-state index in [2.05, 4.69) is 26.1 Å². The fraction of sp³-hybridized carbons (Fsp3) is 0.364. The smallest absolute Gasteiger partial charge is 0.243 e. The first-order valence-electron chi connectivity index (χ1n) is 10.2. The van der Waals surface area contributed by atoms with Crippen LogP contribution in [0.3, 0.4) is 0 Å². The Morgan fingerprint density at radius 1 is 1.06 bits per heavy atom. The number of rotatable bonds is 7. The standard InChI is InChI=1S/C22H24BrN3O4S/c1-29-19-11-7-16(8-12-19)22-24-21(30-25-22)15-26(18-5-3-2-4-6-18)31(27,28)20-13-9-17(23)10-14-20/h7-14,18H,2-6,15H2,1H3. The zero-order chi connectivity index (χ0) is 21.8. The summed E-state index contributed by atoms with van der Waals surface area (Å²) in [6.45, 7) is 0.0478. The fourth-order valence-electron chi connectivity index (χ4n) is 3.83. The Morgan fingerprint density at radius 3 is 2.39 bits per heavy atom. The minimum atomic E-state index is -3.71. The van der Waals surface area contributed by atoms with Crippen molar-refractivity contribution in [3.8, 4) is 17.1 Å². The van der Waals surface area contributed by atoms with Gasteiger partial charge in [-0.25, -0.2) is 8.42 Å². The van der Waals surface area contributed by atoms with Crippen molar-refractivity contribution in [2.45, 2.75) is 49.6 Å². The van der Waals surface area contributed by atoms with E-state index in [1.54, 1.807) is 31.4 Å². The summed E-state index contributed by atoms with van der Waals surface area (Å²) in [7, 11) is -2.11. The van der Waals surface area contributed by atoms with Crippen LogP contribution in [-0.2, 0) is 16.6 Å². The van der Waals surface area contributed by atoms with Crippen LogP contribution in [0, 0.1) is 0 Å². The summed E-state index contributed by atoms with van der Waals surface area (Å²) in [5.74, 6) is 1.43. The maximum absolute atomic E-state index is 13.5. The molecular weight excluding hydrogens is 482 g/mol. The van der Waals surface area contributed by atoms with Crippen molar-refractivity contribution in [1.82, 2.24) is 14.4 Å². The third-order valence-corrected chi connectivity index (χ3v) is 7.95. The van der Waals surface area contributed by atoms with Crippen molar-refractivity contribution >= 4 is 26.0 Å². The number of nitrogens with zero attached hydrogens (tertiary/aromatic N) is 3. The molecule has 164 valence electrons. The average Bonchev–Trinajstić information content (AvgIpc) is 3.27. The number of sulfonamides is 1. The van der Waals surface area contributed by atoms with Gasteiger partial charge in [-0.05, 0) is 61.4 Å². The van der Waals surface area contributed by atoms with E-state index >= 15 is 0 Å². The Labute approximate surface area is 190 Å². The molecule has 4 rings (SSSR count). The Kier molecular flexibility index (Phi) is 6.74.